The summed E-state index contributed by atoms with van der Waals surface area (Å²) in [5.74, 6) is 1.57. The Bertz CT molecular complexity index is 824. The van der Waals surface area contributed by atoms with E-state index in [0.29, 0.717) is 5.41 Å². The molecule has 5 heteroatoms. The molecular formula is C31H49N3O2. The second-order valence-corrected chi connectivity index (χ2v) is 12.5. The van der Waals surface area contributed by atoms with Crippen LogP contribution in [0.2, 0.25) is 0 Å². The molecular weight excluding hydrogens is 446 g/mol. The van der Waals surface area contributed by atoms with Gasteiger partial charge in [0, 0.05) is 70.4 Å². The first kappa shape index (κ1) is 25.0. The van der Waals surface area contributed by atoms with Crippen LogP contribution in [0.15, 0.2) is 18.2 Å². The fourth-order valence-corrected chi connectivity index (χ4v) is 7.98. The Hall–Kier alpha value is -1.30. The molecule has 3 saturated heterocycles. The summed E-state index contributed by atoms with van der Waals surface area (Å²) in [4.78, 5) is 8.00. The van der Waals surface area contributed by atoms with Crippen LogP contribution in [-0.4, -0.2) is 77.1 Å². The predicted molar refractivity (Wildman–Crippen MR) is 148 cm³/mol. The van der Waals surface area contributed by atoms with Gasteiger partial charge in [0.25, 0.3) is 0 Å². The molecule has 2 saturated carbocycles. The maximum atomic E-state index is 5.65. The Labute approximate surface area is 219 Å². The van der Waals surface area contributed by atoms with Gasteiger partial charge in [-0.05, 0) is 92.4 Å². The molecule has 0 aromatic heterocycles. The zero-order chi connectivity index (χ0) is 24.2. The minimum Gasteiger partial charge on any atom is -0.381 e. The largest absolute Gasteiger partial charge is 0.381 e. The number of benzene rings is 1. The van der Waals surface area contributed by atoms with Crippen LogP contribution in [0.1, 0.15) is 82.1 Å². The monoisotopic (exact) mass is 495 g/mol. The minimum atomic E-state index is 0.687. The van der Waals surface area contributed by atoms with Gasteiger partial charge >= 0.3 is 0 Å². The van der Waals surface area contributed by atoms with E-state index in [4.69, 9.17) is 9.47 Å². The molecule has 3 aliphatic heterocycles. The zero-order valence-corrected chi connectivity index (χ0v) is 22.6. The topological polar surface area (TPSA) is 28.2 Å². The van der Waals surface area contributed by atoms with Gasteiger partial charge in [-0.25, -0.2) is 0 Å². The summed E-state index contributed by atoms with van der Waals surface area (Å²) in [7, 11) is 0. The highest BCUT2D eigenvalue weighted by atomic mass is 16.5. The number of anilines is 2. The molecule has 5 fully saturated rings. The van der Waals surface area contributed by atoms with Gasteiger partial charge in [-0.3, -0.25) is 4.90 Å². The third kappa shape index (κ3) is 5.73. The first-order valence-corrected chi connectivity index (χ1v) is 15.3. The Morgan fingerprint density at radius 1 is 0.694 bits per heavy atom. The number of piperazine rings is 1. The van der Waals surface area contributed by atoms with E-state index >= 15 is 0 Å². The molecule has 200 valence electrons. The van der Waals surface area contributed by atoms with E-state index in [0.717, 1.165) is 51.4 Å². The van der Waals surface area contributed by atoms with Crippen molar-refractivity contribution < 1.29 is 9.47 Å². The third-order valence-electron chi connectivity index (χ3n) is 10.4. The van der Waals surface area contributed by atoms with Crippen LogP contribution in [0.25, 0.3) is 0 Å². The Morgan fingerprint density at radius 2 is 1.39 bits per heavy atom. The van der Waals surface area contributed by atoms with Gasteiger partial charge in [0.1, 0.15) is 0 Å². The van der Waals surface area contributed by atoms with Crippen molar-refractivity contribution in [2.24, 2.45) is 11.3 Å². The van der Waals surface area contributed by atoms with Gasteiger partial charge in [-0.1, -0.05) is 19.3 Å². The number of ether oxygens (including phenoxy) is 2. The normalized spacial score (nSPS) is 27.0. The van der Waals surface area contributed by atoms with Gasteiger partial charge in [-0.2, -0.15) is 0 Å². The summed E-state index contributed by atoms with van der Waals surface area (Å²) in [5.41, 5.74) is 5.31. The summed E-state index contributed by atoms with van der Waals surface area (Å²) >= 11 is 0. The van der Waals surface area contributed by atoms with Crippen molar-refractivity contribution in [1.82, 2.24) is 4.90 Å². The van der Waals surface area contributed by atoms with E-state index in [1.54, 1.807) is 11.3 Å². The highest BCUT2D eigenvalue weighted by Crippen LogP contribution is 2.52. The number of rotatable bonds is 5. The molecule has 1 aromatic carbocycles. The van der Waals surface area contributed by atoms with Gasteiger partial charge in [0.05, 0.1) is 13.2 Å². The maximum Gasteiger partial charge on any atom is 0.0642 e. The van der Waals surface area contributed by atoms with Crippen LogP contribution in [0, 0.1) is 11.3 Å². The van der Waals surface area contributed by atoms with E-state index < -0.39 is 0 Å². The van der Waals surface area contributed by atoms with E-state index in [9.17, 15) is 0 Å². The van der Waals surface area contributed by atoms with Crippen molar-refractivity contribution >= 4 is 11.4 Å². The van der Waals surface area contributed by atoms with Crippen LogP contribution in [0.5, 0.6) is 0 Å². The van der Waals surface area contributed by atoms with Crippen molar-refractivity contribution in [3.05, 3.63) is 23.8 Å². The van der Waals surface area contributed by atoms with E-state index in [-0.39, 0.29) is 0 Å². The van der Waals surface area contributed by atoms with Crippen molar-refractivity contribution in [1.29, 1.82) is 0 Å². The van der Waals surface area contributed by atoms with E-state index in [2.05, 4.69) is 32.9 Å². The van der Waals surface area contributed by atoms with Crippen LogP contribution < -0.4 is 9.80 Å². The lowest BCUT2D eigenvalue weighted by molar-refractivity contribution is 0.0517. The maximum absolute atomic E-state index is 5.65. The van der Waals surface area contributed by atoms with E-state index in [1.807, 2.05) is 0 Å². The first-order chi connectivity index (χ1) is 17.8. The second-order valence-electron chi connectivity index (χ2n) is 12.5. The summed E-state index contributed by atoms with van der Waals surface area (Å²) in [5, 5.41) is 0. The molecule has 5 aliphatic rings. The smallest absolute Gasteiger partial charge is 0.0642 e. The molecule has 2 aliphatic carbocycles. The number of hydrogen-bond donors (Lipinski definition) is 0. The number of morpholine rings is 1. The average Bonchev–Trinajstić information content (AvgIpc) is 2.95. The van der Waals surface area contributed by atoms with Gasteiger partial charge in [0.2, 0.25) is 0 Å². The highest BCUT2D eigenvalue weighted by Gasteiger charge is 2.37. The molecule has 3 heterocycles. The molecule has 0 amide bonds. The molecule has 0 N–H and O–H groups in total. The lowest BCUT2D eigenvalue weighted by atomic mass is 9.62. The first-order valence-electron chi connectivity index (χ1n) is 15.3. The molecule has 5 nitrogen and oxygen atoms in total. The quantitative estimate of drug-likeness (QED) is 0.524. The minimum absolute atomic E-state index is 0.687. The third-order valence-corrected chi connectivity index (χ3v) is 10.4. The molecule has 1 aromatic rings. The van der Waals surface area contributed by atoms with Crippen LogP contribution >= 0.6 is 0 Å². The Balaban J connectivity index is 1.16. The molecule has 6 rings (SSSR count). The Kier molecular flexibility index (Phi) is 8.07. The SMILES string of the molecule is c1cc(N2CCN(CC3CCOCC3)CC2)c(C2CCC3(CCCCC3)CC2)cc1N1CCOCC1. The van der Waals surface area contributed by atoms with Crippen molar-refractivity contribution in [2.75, 3.05) is 82.0 Å². The Morgan fingerprint density at radius 3 is 2.11 bits per heavy atom. The predicted octanol–water partition coefficient (Wildman–Crippen LogP) is 5.68. The average molecular weight is 496 g/mol. The molecule has 0 atom stereocenters. The lowest BCUT2D eigenvalue weighted by Crippen LogP contribution is -2.48. The summed E-state index contributed by atoms with van der Waals surface area (Å²) < 4.78 is 11.2. The molecule has 0 unspecified atom stereocenters. The van der Waals surface area contributed by atoms with Gasteiger partial charge < -0.3 is 19.3 Å². The fourth-order valence-electron chi connectivity index (χ4n) is 7.98. The number of hydrogen-bond acceptors (Lipinski definition) is 5. The van der Waals surface area contributed by atoms with Crippen molar-refractivity contribution in [3.8, 4) is 0 Å². The highest BCUT2D eigenvalue weighted by molar-refractivity contribution is 5.63. The van der Waals surface area contributed by atoms with Crippen LogP contribution in [0.4, 0.5) is 11.4 Å². The summed E-state index contributed by atoms with van der Waals surface area (Å²) in [6.45, 7) is 11.7. The summed E-state index contributed by atoms with van der Waals surface area (Å²) in [6, 6.07) is 7.49. The van der Waals surface area contributed by atoms with Gasteiger partial charge in [0.15, 0.2) is 0 Å². The van der Waals surface area contributed by atoms with Crippen molar-refractivity contribution in [3.63, 3.8) is 0 Å². The lowest BCUT2D eigenvalue weighted by Gasteiger charge is -2.44. The van der Waals surface area contributed by atoms with Gasteiger partial charge in [-0.15, -0.1) is 0 Å². The summed E-state index contributed by atoms with van der Waals surface area (Å²) in [6.07, 6.45) is 15.6. The second kappa shape index (κ2) is 11.6. The fraction of sp³-hybridized carbons (Fsp3) is 0.806. The number of nitrogens with zero attached hydrogens (tertiary/aromatic N) is 3. The van der Waals surface area contributed by atoms with Crippen LogP contribution in [-0.2, 0) is 9.47 Å². The van der Waals surface area contributed by atoms with Crippen molar-refractivity contribution in [2.45, 2.75) is 76.5 Å². The molecule has 36 heavy (non-hydrogen) atoms. The molecule has 0 bridgehead atoms. The van der Waals surface area contributed by atoms with Crippen LogP contribution in [0.3, 0.4) is 0 Å². The molecule has 1 spiro atoms. The zero-order valence-electron chi connectivity index (χ0n) is 22.6. The molecule has 0 radical (unpaired) electrons. The van der Waals surface area contributed by atoms with E-state index in [1.165, 1.54) is 109 Å². The standard InChI is InChI=1S/C31H49N3O2/c1-2-10-31(11-3-1)12-6-27(7-13-31)29-24-28(33-18-22-36-23-19-33)4-5-30(29)34-16-14-32(15-17-34)25-26-8-20-35-21-9-26/h4-5,24,26-27H,1-3,6-23,25H2.